The number of rotatable bonds is 5. The smallest absolute Gasteiger partial charge is 0.407 e. The van der Waals surface area contributed by atoms with Gasteiger partial charge in [0.05, 0.1) is 35.1 Å². The minimum atomic E-state index is -1.94. The SMILES string of the molecule is CCC1(O)C(=O)OCc2c1cc1n(c2=O)Cc2c-1nc1cc3c(cc1c2C(C)NC(=O)OCc1ccccc1)OCO3. The summed E-state index contributed by atoms with van der Waals surface area (Å²) >= 11 is 0. The molecule has 11 nitrogen and oxygen atoms in total. The summed E-state index contributed by atoms with van der Waals surface area (Å²) < 4.78 is 23.5. The van der Waals surface area contributed by atoms with E-state index in [0.29, 0.717) is 28.4 Å². The van der Waals surface area contributed by atoms with Gasteiger partial charge in [-0.1, -0.05) is 37.3 Å². The molecule has 0 saturated carbocycles. The number of amides is 1. The van der Waals surface area contributed by atoms with Gasteiger partial charge in [0.25, 0.3) is 5.56 Å². The van der Waals surface area contributed by atoms with E-state index in [4.69, 9.17) is 23.9 Å². The van der Waals surface area contributed by atoms with Gasteiger partial charge in [-0.3, -0.25) is 4.79 Å². The van der Waals surface area contributed by atoms with Crippen LogP contribution in [-0.4, -0.2) is 33.5 Å². The van der Waals surface area contributed by atoms with Gasteiger partial charge in [0.1, 0.15) is 13.2 Å². The highest BCUT2D eigenvalue weighted by Gasteiger charge is 2.45. The molecule has 2 N–H and O–H groups in total. The Morgan fingerprint density at radius 1 is 1.12 bits per heavy atom. The standard InChI is InChI=1S/C31H27N3O8/c1-3-31(38)21-10-23-27-19(12-34(23)28(35)20(21)14-39-29(31)36)26(18-9-24-25(42-15-41-24)11-22(18)33-27)16(2)32-30(37)40-13-17-7-5-4-6-8-17/h4-11,16,38H,3,12-15H2,1-2H3,(H,32,37). The van der Waals surface area contributed by atoms with Gasteiger partial charge in [-0.2, -0.15) is 0 Å². The third-order valence-electron chi connectivity index (χ3n) is 8.21. The molecule has 0 aliphatic carbocycles. The molecule has 7 rings (SSSR count). The van der Waals surface area contributed by atoms with Crippen LogP contribution >= 0.6 is 0 Å². The molecule has 5 heterocycles. The van der Waals surface area contributed by atoms with Crippen molar-refractivity contribution in [2.75, 3.05) is 6.79 Å². The zero-order chi connectivity index (χ0) is 29.2. The first-order valence-electron chi connectivity index (χ1n) is 13.7. The summed E-state index contributed by atoms with van der Waals surface area (Å²) in [6.45, 7) is 3.64. The summed E-state index contributed by atoms with van der Waals surface area (Å²) in [6, 6.07) is 14.1. The molecule has 0 fully saturated rings. The Bertz CT molecular complexity index is 1850. The van der Waals surface area contributed by atoms with Gasteiger partial charge >= 0.3 is 12.1 Å². The van der Waals surface area contributed by atoms with E-state index in [2.05, 4.69) is 5.32 Å². The first kappa shape index (κ1) is 26.0. The molecule has 2 atom stereocenters. The van der Waals surface area contributed by atoms with Gasteiger partial charge in [0.15, 0.2) is 17.1 Å². The first-order chi connectivity index (χ1) is 20.3. The van der Waals surface area contributed by atoms with Crippen molar-refractivity contribution in [2.45, 2.75) is 51.7 Å². The summed E-state index contributed by atoms with van der Waals surface area (Å²) in [4.78, 5) is 44.1. The minimum absolute atomic E-state index is 0.0422. The number of nitrogens with zero attached hydrogens (tertiary/aromatic N) is 2. The number of nitrogens with one attached hydrogen (secondary N) is 1. The fourth-order valence-electron chi connectivity index (χ4n) is 6.01. The molecule has 42 heavy (non-hydrogen) atoms. The normalized spacial score (nSPS) is 18.6. The van der Waals surface area contributed by atoms with Crippen LogP contribution in [0, 0.1) is 0 Å². The average molecular weight is 570 g/mol. The number of benzene rings is 2. The molecule has 2 unspecified atom stereocenters. The van der Waals surface area contributed by atoms with Crippen molar-refractivity contribution in [3.63, 3.8) is 0 Å². The van der Waals surface area contributed by atoms with Gasteiger partial charge in [-0.05, 0) is 36.6 Å². The van der Waals surface area contributed by atoms with E-state index in [1.807, 2.05) is 43.3 Å². The molecule has 0 spiro atoms. The van der Waals surface area contributed by atoms with Crippen LogP contribution in [-0.2, 0) is 39.6 Å². The highest BCUT2D eigenvalue weighted by Crippen LogP contribution is 2.44. The third kappa shape index (κ3) is 3.92. The van der Waals surface area contributed by atoms with E-state index >= 15 is 0 Å². The lowest BCUT2D eigenvalue weighted by Crippen LogP contribution is -2.44. The number of carbonyl (C=O) groups excluding carboxylic acids is 2. The molecule has 3 aliphatic rings. The number of alkyl carbamates (subject to hydrolysis) is 1. The number of fused-ring (bicyclic) bond motifs is 6. The monoisotopic (exact) mass is 569 g/mol. The number of pyridine rings is 2. The fraction of sp³-hybridized carbons (Fsp3) is 0.290. The van der Waals surface area contributed by atoms with Crippen LogP contribution in [0.25, 0.3) is 22.3 Å². The van der Waals surface area contributed by atoms with Crippen LogP contribution in [0.15, 0.2) is 53.3 Å². The molecule has 0 bridgehead atoms. The van der Waals surface area contributed by atoms with Crippen molar-refractivity contribution in [1.82, 2.24) is 14.9 Å². The molecule has 3 aliphatic heterocycles. The summed E-state index contributed by atoms with van der Waals surface area (Å²) in [5.41, 5.74) is 2.04. The molecular formula is C31H27N3O8. The van der Waals surface area contributed by atoms with Gasteiger partial charge in [-0.25, -0.2) is 14.6 Å². The molecule has 214 valence electrons. The van der Waals surface area contributed by atoms with Crippen molar-refractivity contribution < 1.29 is 33.6 Å². The minimum Gasteiger partial charge on any atom is -0.458 e. The number of aromatic nitrogens is 2. The second-order valence-electron chi connectivity index (χ2n) is 10.6. The highest BCUT2D eigenvalue weighted by molar-refractivity contribution is 5.92. The Kier molecular flexibility index (Phi) is 5.94. The highest BCUT2D eigenvalue weighted by atomic mass is 16.7. The van der Waals surface area contributed by atoms with Gasteiger partial charge in [0, 0.05) is 22.6 Å². The quantitative estimate of drug-likeness (QED) is 0.303. The van der Waals surface area contributed by atoms with E-state index in [1.165, 1.54) is 0 Å². The van der Waals surface area contributed by atoms with Crippen LogP contribution in [0.4, 0.5) is 4.79 Å². The van der Waals surface area contributed by atoms with E-state index in [-0.39, 0.29) is 49.7 Å². The maximum Gasteiger partial charge on any atom is 0.407 e. The van der Waals surface area contributed by atoms with Crippen LogP contribution in [0.5, 0.6) is 11.5 Å². The van der Waals surface area contributed by atoms with E-state index in [9.17, 15) is 19.5 Å². The van der Waals surface area contributed by atoms with Gasteiger partial charge < -0.3 is 33.9 Å². The lowest BCUT2D eigenvalue weighted by Gasteiger charge is -2.31. The number of carbonyl (C=O) groups is 2. The van der Waals surface area contributed by atoms with Crippen LogP contribution in [0.3, 0.4) is 0 Å². The Balaban J connectivity index is 1.34. The number of ether oxygens (including phenoxy) is 4. The van der Waals surface area contributed by atoms with Gasteiger partial charge in [0.2, 0.25) is 6.79 Å². The number of hydrogen-bond donors (Lipinski definition) is 2. The van der Waals surface area contributed by atoms with Crippen molar-refractivity contribution in [1.29, 1.82) is 0 Å². The van der Waals surface area contributed by atoms with E-state index in [1.54, 1.807) is 23.6 Å². The molecule has 11 heteroatoms. The zero-order valence-corrected chi connectivity index (χ0v) is 22.9. The van der Waals surface area contributed by atoms with E-state index < -0.39 is 23.7 Å². The zero-order valence-electron chi connectivity index (χ0n) is 22.9. The van der Waals surface area contributed by atoms with Crippen molar-refractivity contribution in [3.05, 3.63) is 86.7 Å². The lowest BCUT2D eigenvalue weighted by atomic mass is 9.86. The molecule has 0 radical (unpaired) electrons. The topological polar surface area (TPSA) is 138 Å². The fourth-order valence-corrected chi connectivity index (χ4v) is 6.01. The number of hydrogen-bond acceptors (Lipinski definition) is 9. The summed E-state index contributed by atoms with van der Waals surface area (Å²) in [5.74, 6) is 0.302. The maximum absolute atomic E-state index is 13.7. The van der Waals surface area contributed by atoms with Crippen LogP contribution in [0.1, 0.15) is 54.1 Å². The van der Waals surface area contributed by atoms with Crippen LogP contribution < -0.4 is 20.3 Å². The lowest BCUT2D eigenvalue weighted by molar-refractivity contribution is -0.172. The third-order valence-corrected chi connectivity index (χ3v) is 8.21. The Labute approximate surface area is 239 Å². The molecule has 2 aromatic heterocycles. The largest absolute Gasteiger partial charge is 0.458 e. The molecule has 4 aromatic rings. The Hall–Kier alpha value is -4.90. The summed E-state index contributed by atoms with van der Waals surface area (Å²) in [7, 11) is 0. The molecule has 2 aromatic carbocycles. The summed E-state index contributed by atoms with van der Waals surface area (Å²) in [6.07, 6.45) is -0.557. The Morgan fingerprint density at radius 2 is 1.88 bits per heavy atom. The van der Waals surface area contributed by atoms with Crippen molar-refractivity contribution >= 4 is 23.0 Å². The number of esters is 1. The number of cyclic esters (lactones) is 1. The predicted molar refractivity (Wildman–Crippen MR) is 149 cm³/mol. The maximum atomic E-state index is 13.7. The van der Waals surface area contributed by atoms with Gasteiger partial charge in [-0.15, -0.1) is 0 Å². The predicted octanol–water partition coefficient (Wildman–Crippen LogP) is 3.80. The first-order valence-corrected chi connectivity index (χ1v) is 13.7. The molecule has 0 saturated heterocycles. The second kappa shape index (κ2) is 9.59. The van der Waals surface area contributed by atoms with Crippen molar-refractivity contribution in [3.8, 4) is 22.9 Å². The van der Waals surface area contributed by atoms with Crippen LogP contribution in [0.2, 0.25) is 0 Å². The summed E-state index contributed by atoms with van der Waals surface area (Å²) in [5, 5.41) is 14.9. The second-order valence-corrected chi connectivity index (χ2v) is 10.6. The average Bonchev–Trinajstić information content (AvgIpc) is 3.60. The van der Waals surface area contributed by atoms with Crippen molar-refractivity contribution in [2.24, 2.45) is 0 Å². The molecular weight excluding hydrogens is 542 g/mol. The number of aliphatic hydroxyl groups is 1. The Morgan fingerprint density at radius 3 is 2.64 bits per heavy atom. The van der Waals surface area contributed by atoms with E-state index in [0.717, 1.165) is 22.1 Å². The molecule has 1 amide bonds.